The largest absolute Gasteiger partial charge is 0.465 e. The van der Waals surface area contributed by atoms with E-state index in [1.165, 1.54) is 4.90 Å². The zero-order valence-electron chi connectivity index (χ0n) is 19.3. The van der Waals surface area contributed by atoms with Crippen LogP contribution in [0, 0.1) is 0 Å². The fourth-order valence-electron chi connectivity index (χ4n) is 4.97. The fourth-order valence-corrected chi connectivity index (χ4v) is 5.42. The first-order valence-electron chi connectivity index (χ1n) is 11.7. The highest BCUT2D eigenvalue weighted by Crippen LogP contribution is 2.36. The van der Waals surface area contributed by atoms with Crippen molar-refractivity contribution in [3.8, 4) is 11.3 Å². The summed E-state index contributed by atoms with van der Waals surface area (Å²) in [5.74, 6) is 0.722. The highest BCUT2D eigenvalue weighted by atomic mass is 79.9. The molecular formula is C26H23BrN6O3. The van der Waals surface area contributed by atoms with Gasteiger partial charge in [0.25, 0.3) is 0 Å². The molecule has 36 heavy (non-hydrogen) atoms. The number of amides is 2. The van der Waals surface area contributed by atoms with E-state index >= 15 is 0 Å². The third-order valence-electron chi connectivity index (χ3n) is 6.72. The maximum absolute atomic E-state index is 12.0. The smallest absolute Gasteiger partial charge is 0.407 e. The Labute approximate surface area is 215 Å². The van der Waals surface area contributed by atoms with E-state index in [1.54, 1.807) is 6.20 Å². The Kier molecular flexibility index (Phi) is 5.60. The normalized spacial score (nSPS) is 15.3. The summed E-state index contributed by atoms with van der Waals surface area (Å²) in [6, 6.07) is 16.2. The lowest BCUT2D eigenvalue weighted by molar-refractivity contribution is -0.115. The van der Waals surface area contributed by atoms with Gasteiger partial charge < -0.3 is 20.2 Å². The van der Waals surface area contributed by atoms with Gasteiger partial charge in [0.2, 0.25) is 5.91 Å². The van der Waals surface area contributed by atoms with Gasteiger partial charge in [0.15, 0.2) is 11.5 Å². The maximum Gasteiger partial charge on any atom is 0.407 e. The van der Waals surface area contributed by atoms with Crippen LogP contribution in [0.15, 0.2) is 59.3 Å². The zero-order valence-corrected chi connectivity index (χ0v) is 20.9. The van der Waals surface area contributed by atoms with Gasteiger partial charge >= 0.3 is 6.09 Å². The zero-order chi connectivity index (χ0) is 24.8. The van der Waals surface area contributed by atoms with Crippen LogP contribution in [-0.4, -0.2) is 62.6 Å². The number of nitrogens with zero attached hydrogens (tertiary/aromatic N) is 5. The van der Waals surface area contributed by atoms with Crippen LogP contribution in [0.1, 0.15) is 16.8 Å². The highest BCUT2D eigenvalue weighted by Gasteiger charge is 2.27. The molecule has 10 heteroatoms. The number of piperazine rings is 1. The molecule has 2 amide bonds. The van der Waals surface area contributed by atoms with E-state index in [2.05, 4.69) is 48.7 Å². The van der Waals surface area contributed by atoms with Crippen molar-refractivity contribution in [3.63, 3.8) is 0 Å². The predicted molar refractivity (Wildman–Crippen MR) is 140 cm³/mol. The first-order valence-corrected chi connectivity index (χ1v) is 12.5. The summed E-state index contributed by atoms with van der Waals surface area (Å²) in [5.41, 5.74) is 6.48. The number of nitrogens with one attached hydrogen (secondary N) is 1. The quantitative estimate of drug-likeness (QED) is 0.400. The Hall–Kier alpha value is -3.92. The van der Waals surface area contributed by atoms with Crippen LogP contribution < -0.4 is 10.2 Å². The summed E-state index contributed by atoms with van der Waals surface area (Å²) in [6.45, 7) is 1.91. The van der Waals surface area contributed by atoms with Gasteiger partial charge in [-0.05, 0) is 39.2 Å². The number of hydrogen-bond donors (Lipinski definition) is 2. The summed E-state index contributed by atoms with van der Waals surface area (Å²) in [4.78, 5) is 36.7. The van der Waals surface area contributed by atoms with Crippen molar-refractivity contribution in [1.82, 2.24) is 19.3 Å². The molecule has 0 radical (unpaired) electrons. The molecule has 0 atom stereocenters. The molecule has 4 heterocycles. The number of carbonyl (C=O) groups is 2. The number of hydrogen-bond acceptors (Lipinski definition) is 5. The van der Waals surface area contributed by atoms with Crippen LogP contribution in [0.2, 0.25) is 0 Å². The second kappa shape index (κ2) is 8.94. The van der Waals surface area contributed by atoms with Crippen molar-refractivity contribution >= 4 is 45.1 Å². The van der Waals surface area contributed by atoms with Crippen LogP contribution in [-0.2, 0) is 17.6 Å². The maximum atomic E-state index is 12.0. The number of carboxylic acid groups (broad SMARTS) is 1. The van der Waals surface area contributed by atoms with Gasteiger partial charge in [-0.3, -0.25) is 9.20 Å². The number of carbonyl (C=O) groups excluding carboxylic acids is 1. The van der Waals surface area contributed by atoms with Crippen molar-refractivity contribution in [2.45, 2.75) is 12.8 Å². The first-order chi connectivity index (χ1) is 17.5. The molecular weight excluding hydrogens is 524 g/mol. The second-order valence-electron chi connectivity index (χ2n) is 8.99. The van der Waals surface area contributed by atoms with Crippen LogP contribution >= 0.6 is 15.9 Å². The van der Waals surface area contributed by atoms with E-state index in [0.717, 1.165) is 44.2 Å². The van der Waals surface area contributed by atoms with Gasteiger partial charge in [0, 0.05) is 43.9 Å². The third-order valence-corrected chi connectivity index (χ3v) is 7.28. The molecule has 2 N–H and O–H groups in total. The van der Waals surface area contributed by atoms with Crippen LogP contribution in [0.25, 0.3) is 16.9 Å². The van der Waals surface area contributed by atoms with Gasteiger partial charge in [-0.1, -0.05) is 36.4 Å². The van der Waals surface area contributed by atoms with Crippen LogP contribution in [0.3, 0.4) is 0 Å². The Morgan fingerprint density at radius 1 is 1.08 bits per heavy atom. The van der Waals surface area contributed by atoms with E-state index in [4.69, 9.17) is 9.97 Å². The Morgan fingerprint density at radius 2 is 1.86 bits per heavy atom. The second-order valence-corrected chi connectivity index (χ2v) is 9.80. The fraction of sp³-hybridized carbons (Fsp3) is 0.231. The molecule has 4 aromatic rings. The number of rotatable bonds is 4. The van der Waals surface area contributed by atoms with E-state index in [0.29, 0.717) is 44.7 Å². The van der Waals surface area contributed by atoms with Gasteiger partial charge in [-0.15, -0.1) is 0 Å². The minimum absolute atomic E-state index is 0.00188. The van der Waals surface area contributed by atoms with E-state index in [9.17, 15) is 14.7 Å². The summed E-state index contributed by atoms with van der Waals surface area (Å²) in [6.07, 6.45) is 1.85. The van der Waals surface area contributed by atoms with Crippen molar-refractivity contribution in [3.05, 3.63) is 76.2 Å². The molecule has 0 saturated carbocycles. The molecule has 1 fully saturated rings. The van der Waals surface area contributed by atoms with Gasteiger partial charge in [0.1, 0.15) is 4.60 Å². The standard InChI is InChI=1S/C26H23BrN6O3/c27-21-15-28-24(31-8-10-32(11-9-31)26(35)36)25-30-20(12-16-4-2-1-3-5-16)23(33(21)25)17-6-7-19-18(13-17)14-22(34)29-19/h1-7,13,15H,8-12,14H2,(H,29,34)(H,35,36). The van der Waals surface area contributed by atoms with E-state index in [1.807, 2.05) is 30.3 Å². The summed E-state index contributed by atoms with van der Waals surface area (Å²) >= 11 is 3.69. The SMILES string of the molecule is O=C1Cc2cc(-c3c(Cc4ccccc4)nc4c(N5CCN(C(=O)O)CC5)ncc(Br)n34)ccc2N1. The molecule has 2 aromatic carbocycles. The number of imidazole rings is 1. The lowest BCUT2D eigenvalue weighted by atomic mass is 10.0. The predicted octanol–water partition coefficient (Wildman–Crippen LogP) is 4.04. The van der Waals surface area contributed by atoms with E-state index < -0.39 is 6.09 Å². The number of fused-ring (bicyclic) bond motifs is 2. The number of aromatic nitrogens is 3. The van der Waals surface area contributed by atoms with Gasteiger partial charge in [0.05, 0.1) is 24.0 Å². The lowest BCUT2D eigenvalue weighted by Crippen LogP contribution is -2.48. The van der Waals surface area contributed by atoms with Crippen molar-refractivity contribution < 1.29 is 14.7 Å². The van der Waals surface area contributed by atoms with Crippen molar-refractivity contribution in [2.24, 2.45) is 0 Å². The molecule has 2 aromatic heterocycles. The molecule has 2 aliphatic rings. The van der Waals surface area contributed by atoms with Gasteiger partial charge in [-0.2, -0.15) is 0 Å². The number of benzene rings is 2. The molecule has 1 saturated heterocycles. The highest BCUT2D eigenvalue weighted by molar-refractivity contribution is 9.10. The number of halogens is 1. The molecule has 6 rings (SSSR count). The first kappa shape index (κ1) is 22.5. The Bertz CT molecular complexity index is 1490. The Morgan fingerprint density at radius 3 is 2.61 bits per heavy atom. The molecule has 0 spiro atoms. The molecule has 0 unspecified atom stereocenters. The average molecular weight is 547 g/mol. The molecule has 2 aliphatic heterocycles. The summed E-state index contributed by atoms with van der Waals surface area (Å²) in [7, 11) is 0. The van der Waals surface area contributed by atoms with E-state index in [-0.39, 0.29) is 5.91 Å². The molecule has 9 nitrogen and oxygen atoms in total. The number of anilines is 2. The molecule has 0 aliphatic carbocycles. The van der Waals surface area contributed by atoms with Crippen molar-refractivity contribution in [2.75, 3.05) is 36.4 Å². The van der Waals surface area contributed by atoms with Gasteiger partial charge in [-0.25, -0.2) is 14.8 Å². The van der Waals surface area contributed by atoms with Crippen molar-refractivity contribution in [1.29, 1.82) is 0 Å². The summed E-state index contributed by atoms with van der Waals surface area (Å²) in [5, 5.41) is 12.2. The Balaban J connectivity index is 1.50. The topological polar surface area (TPSA) is 103 Å². The summed E-state index contributed by atoms with van der Waals surface area (Å²) < 4.78 is 2.83. The third kappa shape index (κ3) is 3.97. The monoisotopic (exact) mass is 546 g/mol. The van der Waals surface area contributed by atoms with Crippen LogP contribution in [0.4, 0.5) is 16.3 Å². The minimum atomic E-state index is -0.901. The minimum Gasteiger partial charge on any atom is -0.465 e. The lowest BCUT2D eigenvalue weighted by Gasteiger charge is -2.33. The average Bonchev–Trinajstić information content (AvgIpc) is 3.44. The molecule has 182 valence electrons. The van der Waals surface area contributed by atoms with Crippen LogP contribution in [0.5, 0.6) is 0 Å². The molecule has 0 bridgehead atoms.